The lowest BCUT2D eigenvalue weighted by atomic mass is 10.0. The molecular formula is C32H61NO3. The third-order valence-electron chi connectivity index (χ3n) is 6.91. The SMILES string of the molecule is CCC/C=C\CCCCCCCC/C=C/[C@@H](O)[C@H](CO)NC(=O)CCCCCCCCCCCCC. The summed E-state index contributed by atoms with van der Waals surface area (Å²) in [6, 6.07) is -0.618. The summed E-state index contributed by atoms with van der Waals surface area (Å²) in [6.07, 6.45) is 33.9. The van der Waals surface area contributed by atoms with Gasteiger partial charge in [0.05, 0.1) is 18.8 Å². The molecule has 36 heavy (non-hydrogen) atoms. The molecule has 0 unspecified atom stereocenters. The smallest absolute Gasteiger partial charge is 0.220 e. The van der Waals surface area contributed by atoms with E-state index >= 15 is 0 Å². The second kappa shape index (κ2) is 28.4. The van der Waals surface area contributed by atoms with E-state index in [-0.39, 0.29) is 12.5 Å². The van der Waals surface area contributed by atoms with Gasteiger partial charge in [0, 0.05) is 6.42 Å². The number of aliphatic hydroxyl groups excluding tert-OH is 2. The number of amides is 1. The third-order valence-corrected chi connectivity index (χ3v) is 6.91. The van der Waals surface area contributed by atoms with Gasteiger partial charge in [-0.25, -0.2) is 0 Å². The summed E-state index contributed by atoms with van der Waals surface area (Å²) in [6.45, 7) is 4.22. The highest BCUT2D eigenvalue weighted by atomic mass is 16.3. The molecule has 0 rings (SSSR count). The van der Waals surface area contributed by atoms with E-state index in [9.17, 15) is 15.0 Å². The number of unbranched alkanes of at least 4 members (excludes halogenated alkanes) is 18. The van der Waals surface area contributed by atoms with Gasteiger partial charge < -0.3 is 15.5 Å². The van der Waals surface area contributed by atoms with Crippen LogP contribution in [0, 0.1) is 0 Å². The van der Waals surface area contributed by atoms with Crippen LogP contribution in [0.1, 0.15) is 155 Å². The fraction of sp³-hybridized carbons (Fsp3) is 0.844. The van der Waals surface area contributed by atoms with Gasteiger partial charge in [-0.05, 0) is 38.5 Å². The number of carbonyl (C=O) groups is 1. The largest absolute Gasteiger partial charge is 0.394 e. The predicted molar refractivity (Wildman–Crippen MR) is 156 cm³/mol. The zero-order chi connectivity index (χ0) is 26.5. The maximum atomic E-state index is 12.2. The van der Waals surface area contributed by atoms with E-state index < -0.39 is 12.1 Å². The first kappa shape index (κ1) is 34.9. The van der Waals surface area contributed by atoms with E-state index in [1.54, 1.807) is 6.08 Å². The van der Waals surface area contributed by atoms with E-state index in [2.05, 4.69) is 31.3 Å². The minimum Gasteiger partial charge on any atom is -0.394 e. The molecule has 2 atom stereocenters. The van der Waals surface area contributed by atoms with Crippen LogP contribution in [-0.2, 0) is 4.79 Å². The minimum atomic E-state index is -0.836. The molecule has 0 fully saturated rings. The fourth-order valence-electron chi connectivity index (χ4n) is 4.47. The van der Waals surface area contributed by atoms with Crippen molar-refractivity contribution in [2.75, 3.05) is 6.61 Å². The van der Waals surface area contributed by atoms with Crippen LogP contribution >= 0.6 is 0 Å². The van der Waals surface area contributed by atoms with Gasteiger partial charge in [0.25, 0.3) is 0 Å². The first-order valence-electron chi connectivity index (χ1n) is 15.6. The first-order chi connectivity index (χ1) is 17.7. The van der Waals surface area contributed by atoms with Crippen molar-refractivity contribution in [1.29, 1.82) is 0 Å². The van der Waals surface area contributed by atoms with E-state index in [0.29, 0.717) is 6.42 Å². The van der Waals surface area contributed by atoms with Crippen LogP contribution in [0.4, 0.5) is 0 Å². The van der Waals surface area contributed by atoms with E-state index in [4.69, 9.17) is 0 Å². The second-order valence-electron chi connectivity index (χ2n) is 10.5. The lowest BCUT2D eigenvalue weighted by molar-refractivity contribution is -0.123. The molecule has 0 saturated carbocycles. The molecule has 0 aliphatic rings. The molecule has 3 N–H and O–H groups in total. The Morgan fingerprint density at radius 3 is 1.64 bits per heavy atom. The Bertz CT molecular complexity index is 518. The lowest BCUT2D eigenvalue weighted by Gasteiger charge is -2.20. The van der Waals surface area contributed by atoms with Crippen molar-refractivity contribution in [3.8, 4) is 0 Å². The molecular weight excluding hydrogens is 446 g/mol. The Morgan fingerprint density at radius 2 is 1.11 bits per heavy atom. The molecule has 0 aromatic rings. The van der Waals surface area contributed by atoms with Crippen molar-refractivity contribution >= 4 is 5.91 Å². The Hall–Kier alpha value is -1.13. The lowest BCUT2D eigenvalue weighted by Crippen LogP contribution is -2.45. The highest BCUT2D eigenvalue weighted by Crippen LogP contribution is 2.12. The van der Waals surface area contributed by atoms with Crippen molar-refractivity contribution in [2.45, 2.75) is 167 Å². The number of allylic oxidation sites excluding steroid dienone is 3. The van der Waals surface area contributed by atoms with Gasteiger partial charge >= 0.3 is 0 Å². The molecule has 0 aliphatic heterocycles. The quantitative estimate of drug-likeness (QED) is 0.0770. The second-order valence-corrected chi connectivity index (χ2v) is 10.5. The van der Waals surface area contributed by atoms with Crippen molar-refractivity contribution in [3.63, 3.8) is 0 Å². The highest BCUT2D eigenvalue weighted by Gasteiger charge is 2.17. The number of aliphatic hydroxyl groups is 2. The Labute approximate surface area is 224 Å². The number of nitrogens with one attached hydrogen (secondary N) is 1. The number of hydrogen-bond donors (Lipinski definition) is 3. The Balaban J connectivity index is 3.69. The van der Waals surface area contributed by atoms with E-state index in [0.717, 1.165) is 25.7 Å². The molecule has 0 aromatic heterocycles. The Morgan fingerprint density at radius 1 is 0.639 bits per heavy atom. The summed E-state index contributed by atoms with van der Waals surface area (Å²) in [5.41, 5.74) is 0. The molecule has 4 heteroatoms. The van der Waals surface area contributed by atoms with Crippen LogP contribution in [0.2, 0.25) is 0 Å². The molecule has 0 heterocycles. The zero-order valence-corrected chi connectivity index (χ0v) is 24.0. The maximum Gasteiger partial charge on any atom is 0.220 e. The van der Waals surface area contributed by atoms with Crippen molar-refractivity contribution in [1.82, 2.24) is 5.32 Å². The van der Waals surface area contributed by atoms with Gasteiger partial charge in [0.15, 0.2) is 0 Å². The maximum absolute atomic E-state index is 12.2. The molecule has 0 spiro atoms. The van der Waals surface area contributed by atoms with Crippen LogP contribution in [0.5, 0.6) is 0 Å². The van der Waals surface area contributed by atoms with Crippen LogP contribution in [0.3, 0.4) is 0 Å². The summed E-state index contributed by atoms with van der Waals surface area (Å²) in [7, 11) is 0. The molecule has 0 saturated heterocycles. The average molecular weight is 508 g/mol. The molecule has 212 valence electrons. The van der Waals surface area contributed by atoms with Crippen LogP contribution in [0.15, 0.2) is 24.3 Å². The van der Waals surface area contributed by atoms with Gasteiger partial charge in [-0.2, -0.15) is 0 Å². The summed E-state index contributed by atoms with van der Waals surface area (Å²) in [4.78, 5) is 12.2. The van der Waals surface area contributed by atoms with Crippen molar-refractivity contribution in [2.24, 2.45) is 0 Å². The molecule has 0 aromatic carbocycles. The Kier molecular flexibility index (Phi) is 27.5. The van der Waals surface area contributed by atoms with Gasteiger partial charge in [0.2, 0.25) is 5.91 Å². The number of rotatable bonds is 27. The summed E-state index contributed by atoms with van der Waals surface area (Å²) in [5, 5.41) is 22.7. The average Bonchev–Trinajstić information content (AvgIpc) is 2.88. The normalized spacial score (nSPS) is 13.6. The summed E-state index contributed by atoms with van der Waals surface area (Å²) < 4.78 is 0. The third kappa shape index (κ3) is 24.6. The van der Waals surface area contributed by atoms with Crippen molar-refractivity contribution < 1.29 is 15.0 Å². The van der Waals surface area contributed by atoms with Crippen molar-refractivity contribution in [3.05, 3.63) is 24.3 Å². The van der Waals surface area contributed by atoms with Crippen LogP contribution in [-0.4, -0.2) is 34.9 Å². The zero-order valence-electron chi connectivity index (χ0n) is 24.0. The number of hydrogen-bond acceptors (Lipinski definition) is 3. The standard InChI is InChI=1S/C32H61NO3/c1-3-5-7-9-11-13-15-16-18-19-21-23-25-27-31(35)30(29-34)33-32(36)28-26-24-22-20-17-14-12-10-8-6-4-2/h7,9,25,27,30-31,34-35H,3-6,8,10-24,26,28-29H2,1-2H3,(H,33,36)/b9-7-,27-25+/t30-,31+/m0/s1. The predicted octanol–water partition coefficient (Wildman–Crippen LogP) is 8.56. The molecule has 0 radical (unpaired) electrons. The molecule has 1 amide bonds. The number of carbonyl (C=O) groups excluding carboxylic acids is 1. The van der Waals surface area contributed by atoms with Gasteiger partial charge in [0.1, 0.15) is 0 Å². The minimum absolute atomic E-state index is 0.0710. The van der Waals surface area contributed by atoms with Crippen LogP contribution in [0.25, 0.3) is 0 Å². The topological polar surface area (TPSA) is 69.6 Å². The first-order valence-corrected chi connectivity index (χ1v) is 15.6. The summed E-state index contributed by atoms with van der Waals surface area (Å²) in [5.74, 6) is -0.0710. The van der Waals surface area contributed by atoms with E-state index in [1.165, 1.54) is 109 Å². The van der Waals surface area contributed by atoms with Crippen LogP contribution < -0.4 is 5.32 Å². The summed E-state index contributed by atoms with van der Waals surface area (Å²) >= 11 is 0. The molecule has 0 aliphatic carbocycles. The fourth-order valence-corrected chi connectivity index (χ4v) is 4.47. The van der Waals surface area contributed by atoms with Gasteiger partial charge in [-0.1, -0.05) is 134 Å². The molecule has 0 bridgehead atoms. The van der Waals surface area contributed by atoms with Gasteiger partial charge in [-0.3, -0.25) is 4.79 Å². The highest BCUT2D eigenvalue weighted by molar-refractivity contribution is 5.76. The van der Waals surface area contributed by atoms with E-state index in [1.807, 2.05) is 6.08 Å². The monoisotopic (exact) mass is 507 g/mol. The molecule has 4 nitrogen and oxygen atoms in total. The van der Waals surface area contributed by atoms with Gasteiger partial charge in [-0.15, -0.1) is 0 Å².